The van der Waals surface area contributed by atoms with Gasteiger partial charge in [0.2, 0.25) is 4.80 Å². The van der Waals surface area contributed by atoms with Gasteiger partial charge in [-0.2, -0.15) is 5.10 Å². The number of amides is 2. The van der Waals surface area contributed by atoms with E-state index in [1.54, 1.807) is 11.3 Å². The Balaban J connectivity index is 0.000000272. The third kappa shape index (κ3) is 10.1. The van der Waals surface area contributed by atoms with Gasteiger partial charge in [0, 0.05) is 36.8 Å². The van der Waals surface area contributed by atoms with Gasteiger partial charge in [-0.25, -0.2) is 4.68 Å². The molecule has 2 aromatic carbocycles. The standard InChI is InChI=1S/C20H28N4OS.C11H15NO/c1-14(2)13-21-18(25)15-9-11-16(12-10-15)19-23-24(3)20(26-19)22-17-7-5-4-6-8-17;1-9(2)8-12-11(13)10-6-4-3-5-7-10/h9-12,14,17H,4-8,13H2,1-3H3,(H,21,25);3-7,9H,8H2,1-2H3,(H,12,13). The van der Waals surface area contributed by atoms with E-state index in [4.69, 9.17) is 4.99 Å². The zero-order valence-electron chi connectivity index (χ0n) is 23.9. The van der Waals surface area contributed by atoms with Crippen LogP contribution in [0.1, 0.15) is 80.5 Å². The van der Waals surface area contributed by atoms with E-state index < -0.39 is 0 Å². The summed E-state index contributed by atoms with van der Waals surface area (Å²) in [7, 11) is 1.95. The van der Waals surface area contributed by atoms with Crippen molar-refractivity contribution in [1.29, 1.82) is 0 Å². The third-order valence-corrected chi connectivity index (χ3v) is 7.41. The largest absolute Gasteiger partial charge is 0.352 e. The van der Waals surface area contributed by atoms with Crippen molar-refractivity contribution < 1.29 is 9.59 Å². The fraction of sp³-hybridized carbons (Fsp3) is 0.484. The Morgan fingerprint density at radius 3 is 1.95 bits per heavy atom. The van der Waals surface area contributed by atoms with Crippen molar-refractivity contribution in [3.05, 3.63) is 70.5 Å². The molecule has 1 aliphatic rings. The SMILES string of the molecule is CC(C)CNC(=O)c1ccc(-c2nn(C)c(=NC3CCCCC3)s2)cc1.CC(C)CNC(=O)c1ccccc1. The second kappa shape index (κ2) is 15.4. The first kappa shape index (κ1) is 30.3. The molecule has 2 N–H and O–H groups in total. The molecule has 1 aliphatic carbocycles. The van der Waals surface area contributed by atoms with Crippen molar-refractivity contribution >= 4 is 23.2 Å². The molecule has 8 heteroatoms. The molecule has 210 valence electrons. The highest BCUT2D eigenvalue weighted by Gasteiger charge is 2.14. The van der Waals surface area contributed by atoms with Gasteiger partial charge in [0.25, 0.3) is 11.8 Å². The average molecular weight is 550 g/mol. The Kier molecular flexibility index (Phi) is 11.9. The number of benzene rings is 2. The molecule has 0 saturated heterocycles. The Morgan fingerprint density at radius 2 is 1.41 bits per heavy atom. The molecule has 0 radical (unpaired) electrons. The average Bonchev–Trinajstić information content (AvgIpc) is 3.31. The Hall–Kier alpha value is -3.26. The molecule has 2 amide bonds. The van der Waals surface area contributed by atoms with Crippen LogP contribution in [0, 0.1) is 11.8 Å². The van der Waals surface area contributed by atoms with Gasteiger partial charge in [-0.05, 0) is 48.9 Å². The van der Waals surface area contributed by atoms with Gasteiger partial charge in [-0.3, -0.25) is 14.6 Å². The van der Waals surface area contributed by atoms with Gasteiger partial charge in [-0.15, -0.1) is 0 Å². The fourth-order valence-electron chi connectivity index (χ4n) is 4.10. The Labute approximate surface area is 236 Å². The van der Waals surface area contributed by atoms with E-state index in [1.165, 1.54) is 32.1 Å². The van der Waals surface area contributed by atoms with Gasteiger partial charge in [0.1, 0.15) is 5.01 Å². The van der Waals surface area contributed by atoms with Crippen molar-refractivity contribution in [1.82, 2.24) is 20.4 Å². The van der Waals surface area contributed by atoms with Crippen LogP contribution >= 0.6 is 11.3 Å². The number of carbonyl (C=O) groups is 2. The van der Waals surface area contributed by atoms with Gasteiger partial charge in [0.15, 0.2) is 0 Å². The van der Waals surface area contributed by atoms with Crippen LogP contribution in [0.3, 0.4) is 0 Å². The van der Waals surface area contributed by atoms with E-state index in [1.807, 2.05) is 66.3 Å². The number of hydrogen-bond donors (Lipinski definition) is 2. The molecular weight excluding hydrogens is 506 g/mol. The summed E-state index contributed by atoms with van der Waals surface area (Å²) in [6, 6.07) is 17.4. The molecule has 39 heavy (non-hydrogen) atoms. The minimum atomic E-state index is -0.0251. The quantitative estimate of drug-likeness (QED) is 0.370. The molecule has 1 aromatic heterocycles. The molecule has 1 heterocycles. The number of rotatable bonds is 8. The lowest BCUT2D eigenvalue weighted by Crippen LogP contribution is -2.27. The molecule has 7 nitrogen and oxygen atoms in total. The summed E-state index contributed by atoms with van der Waals surface area (Å²) in [5.74, 6) is 0.921. The maximum Gasteiger partial charge on any atom is 0.251 e. The lowest BCUT2D eigenvalue weighted by atomic mass is 9.96. The zero-order valence-corrected chi connectivity index (χ0v) is 24.8. The number of hydrogen-bond acceptors (Lipinski definition) is 5. The summed E-state index contributed by atoms with van der Waals surface area (Å²) in [6.07, 6.45) is 6.28. The highest BCUT2D eigenvalue weighted by molar-refractivity contribution is 7.12. The summed E-state index contributed by atoms with van der Waals surface area (Å²) in [4.78, 5) is 29.5. The smallest absolute Gasteiger partial charge is 0.251 e. The lowest BCUT2D eigenvalue weighted by molar-refractivity contribution is 0.0941. The highest BCUT2D eigenvalue weighted by atomic mass is 32.1. The summed E-state index contributed by atoms with van der Waals surface area (Å²) in [5, 5.41) is 11.4. The van der Waals surface area contributed by atoms with Gasteiger partial charge in [-0.1, -0.05) is 88.6 Å². The molecule has 0 aliphatic heterocycles. The van der Waals surface area contributed by atoms with Crippen molar-refractivity contribution in [2.75, 3.05) is 13.1 Å². The van der Waals surface area contributed by atoms with Crippen LogP contribution in [0.15, 0.2) is 59.6 Å². The van der Waals surface area contributed by atoms with E-state index in [-0.39, 0.29) is 11.8 Å². The van der Waals surface area contributed by atoms with Gasteiger partial charge < -0.3 is 10.6 Å². The number of nitrogens with one attached hydrogen (secondary N) is 2. The minimum Gasteiger partial charge on any atom is -0.352 e. The summed E-state index contributed by atoms with van der Waals surface area (Å²) < 4.78 is 1.87. The fourth-order valence-corrected chi connectivity index (χ4v) is 5.06. The van der Waals surface area contributed by atoms with Crippen LogP contribution in [0.4, 0.5) is 0 Å². The molecule has 3 aromatic rings. The maximum atomic E-state index is 12.1. The van der Waals surface area contributed by atoms with Crippen molar-refractivity contribution in [3.8, 4) is 10.6 Å². The van der Waals surface area contributed by atoms with Crippen LogP contribution in [0.2, 0.25) is 0 Å². The van der Waals surface area contributed by atoms with E-state index in [9.17, 15) is 9.59 Å². The molecule has 0 unspecified atom stereocenters. The normalized spacial score (nSPS) is 14.2. The minimum absolute atomic E-state index is 0.00861. The van der Waals surface area contributed by atoms with E-state index in [0.29, 0.717) is 30.0 Å². The molecule has 1 fully saturated rings. The van der Waals surface area contributed by atoms with Crippen LogP contribution in [0.5, 0.6) is 0 Å². The number of aromatic nitrogens is 2. The van der Waals surface area contributed by atoms with Crippen LogP contribution < -0.4 is 15.4 Å². The molecule has 0 atom stereocenters. The first-order valence-electron chi connectivity index (χ1n) is 14.0. The highest BCUT2D eigenvalue weighted by Crippen LogP contribution is 2.22. The predicted molar refractivity (Wildman–Crippen MR) is 160 cm³/mol. The van der Waals surface area contributed by atoms with Crippen molar-refractivity contribution in [3.63, 3.8) is 0 Å². The number of carbonyl (C=O) groups excluding carboxylic acids is 2. The Bertz CT molecular complexity index is 1240. The zero-order chi connectivity index (χ0) is 28.2. The summed E-state index contributed by atoms with van der Waals surface area (Å²) >= 11 is 1.62. The van der Waals surface area contributed by atoms with Crippen LogP contribution in [0.25, 0.3) is 10.6 Å². The molecule has 4 rings (SSSR count). The second-order valence-corrected chi connectivity index (χ2v) is 11.8. The lowest BCUT2D eigenvalue weighted by Gasteiger charge is -2.16. The summed E-state index contributed by atoms with van der Waals surface area (Å²) in [6.45, 7) is 9.74. The van der Waals surface area contributed by atoms with Crippen LogP contribution in [-0.2, 0) is 7.05 Å². The van der Waals surface area contributed by atoms with Crippen LogP contribution in [-0.4, -0.2) is 40.7 Å². The molecular formula is C31H43N5O2S. The third-order valence-electron chi connectivity index (χ3n) is 6.35. The van der Waals surface area contributed by atoms with Gasteiger partial charge >= 0.3 is 0 Å². The van der Waals surface area contributed by atoms with E-state index >= 15 is 0 Å². The Morgan fingerprint density at radius 1 is 0.872 bits per heavy atom. The molecule has 0 spiro atoms. The number of aryl methyl sites for hydroxylation is 1. The van der Waals surface area contributed by atoms with Crippen molar-refractivity contribution in [2.24, 2.45) is 23.9 Å². The van der Waals surface area contributed by atoms with E-state index in [0.717, 1.165) is 27.5 Å². The molecule has 0 bridgehead atoms. The maximum absolute atomic E-state index is 12.1. The predicted octanol–water partition coefficient (Wildman–Crippen LogP) is 5.84. The van der Waals surface area contributed by atoms with E-state index in [2.05, 4.69) is 43.4 Å². The first-order chi connectivity index (χ1) is 18.7. The second-order valence-electron chi connectivity index (χ2n) is 10.9. The monoisotopic (exact) mass is 549 g/mol. The van der Waals surface area contributed by atoms with Crippen molar-refractivity contribution in [2.45, 2.75) is 65.8 Å². The number of nitrogens with zero attached hydrogens (tertiary/aromatic N) is 3. The van der Waals surface area contributed by atoms with Gasteiger partial charge in [0.05, 0.1) is 6.04 Å². The first-order valence-corrected chi connectivity index (χ1v) is 14.8. The molecule has 1 saturated carbocycles. The summed E-state index contributed by atoms with van der Waals surface area (Å²) in [5.41, 5.74) is 2.43. The topological polar surface area (TPSA) is 88.4 Å².